The lowest BCUT2D eigenvalue weighted by Crippen LogP contribution is -2.50. The summed E-state index contributed by atoms with van der Waals surface area (Å²) in [5.74, 6) is -2.35. The van der Waals surface area contributed by atoms with Gasteiger partial charge < -0.3 is 10.6 Å². The number of nitrogens with one attached hydrogen (secondary N) is 2. The number of carbonyl (C=O) groups excluding carboxylic acids is 1. The number of carbonyl (C=O) groups is 1. The van der Waals surface area contributed by atoms with Crippen LogP contribution in [0.5, 0.6) is 0 Å². The normalized spacial score (nSPS) is 18.8. The molecule has 6 nitrogen and oxygen atoms in total. The van der Waals surface area contributed by atoms with Crippen molar-refractivity contribution in [2.45, 2.75) is 25.3 Å². The summed E-state index contributed by atoms with van der Waals surface area (Å²) >= 11 is 0. The maximum absolute atomic E-state index is 13.6. The molecule has 1 fully saturated rings. The van der Waals surface area contributed by atoms with Crippen molar-refractivity contribution < 1.29 is 18.5 Å². The Kier molecular flexibility index (Phi) is 7.04. The van der Waals surface area contributed by atoms with E-state index in [4.69, 9.17) is 0 Å². The first kappa shape index (κ1) is 21.7. The summed E-state index contributed by atoms with van der Waals surface area (Å²) in [5, 5.41) is 17.0. The molecule has 2 aromatic carbocycles. The monoisotopic (exact) mass is 411 g/mol. The highest BCUT2D eigenvalue weighted by Crippen LogP contribution is 2.27. The lowest BCUT2D eigenvalue weighted by atomic mass is 9.85. The van der Waals surface area contributed by atoms with E-state index in [1.807, 2.05) is 0 Å². The predicted molar refractivity (Wildman–Crippen MR) is 103 cm³/mol. The summed E-state index contributed by atoms with van der Waals surface area (Å²) in [7, 11) is 0. The van der Waals surface area contributed by atoms with Gasteiger partial charge in [-0.3, -0.25) is 14.9 Å². The number of rotatable bonds is 4. The van der Waals surface area contributed by atoms with Gasteiger partial charge >= 0.3 is 0 Å². The summed E-state index contributed by atoms with van der Waals surface area (Å²) in [6.45, 7) is 2.76. The van der Waals surface area contributed by atoms with Crippen LogP contribution in [0.25, 0.3) is 0 Å². The molecule has 1 amide bonds. The molecule has 0 radical (unpaired) electrons. The van der Waals surface area contributed by atoms with Gasteiger partial charge in [-0.05, 0) is 49.7 Å². The average Bonchev–Trinajstić information content (AvgIpc) is 2.64. The molecule has 1 aliphatic rings. The second-order valence-corrected chi connectivity index (χ2v) is 6.61. The number of nitrogens with zero attached hydrogens (tertiary/aromatic N) is 1. The number of amides is 1. The van der Waals surface area contributed by atoms with Gasteiger partial charge in [0.2, 0.25) is 0 Å². The van der Waals surface area contributed by atoms with Crippen molar-refractivity contribution >= 4 is 24.0 Å². The molecule has 0 aromatic heterocycles. The number of nitro groups is 1. The molecular weight excluding hydrogens is 392 g/mol. The third-order valence-corrected chi connectivity index (χ3v) is 4.83. The van der Waals surface area contributed by atoms with Crippen molar-refractivity contribution in [2.24, 2.45) is 0 Å². The van der Waals surface area contributed by atoms with Crippen LogP contribution in [-0.2, 0) is 0 Å². The highest BCUT2D eigenvalue weighted by Gasteiger charge is 2.29. The van der Waals surface area contributed by atoms with E-state index >= 15 is 0 Å². The molecule has 1 heterocycles. The van der Waals surface area contributed by atoms with E-state index in [-0.39, 0.29) is 36.0 Å². The molecule has 150 valence electrons. The summed E-state index contributed by atoms with van der Waals surface area (Å²) < 4.78 is 26.8. The Balaban J connectivity index is 0.00000280. The molecular formula is C19H20ClF2N3O3. The quantitative estimate of drug-likeness (QED) is 0.596. The Morgan fingerprint density at radius 3 is 2.61 bits per heavy atom. The minimum atomic E-state index is -0.915. The van der Waals surface area contributed by atoms with E-state index in [1.165, 1.54) is 30.3 Å². The van der Waals surface area contributed by atoms with Gasteiger partial charge in [0, 0.05) is 35.7 Å². The van der Waals surface area contributed by atoms with Crippen LogP contribution >= 0.6 is 12.4 Å². The van der Waals surface area contributed by atoms with Gasteiger partial charge in [-0.1, -0.05) is 6.07 Å². The lowest BCUT2D eigenvalue weighted by Gasteiger charge is -2.33. The number of halogens is 3. The van der Waals surface area contributed by atoms with Gasteiger partial charge in [0.15, 0.2) is 11.6 Å². The first-order chi connectivity index (χ1) is 12.9. The number of piperidine rings is 1. The second kappa shape index (κ2) is 9.07. The van der Waals surface area contributed by atoms with Gasteiger partial charge in [-0.25, -0.2) is 8.78 Å². The number of hydrogen-bond donors (Lipinski definition) is 2. The van der Waals surface area contributed by atoms with E-state index < -0.39 is 16.6 Å². The van der Waals surface area contributed by atoms with Crippen LogP contribution in [0.15, 0.2) is 36.4 Å². The summed E-state index contributed by atoms with van der Waals surface area (Å²) in [5.41, 5.74) is 1.28. The van der Waals surface area contributed by atoms with E-state index in [0.29, 0.717) is 36.2 Å². The fourth-order valence-electron chi connectivity index (χ4n) is 3.41. The van der Waals surface area contributed by atoms with Crippen LogP contribution in [0.4, 0.5) is 14.5 Å². The van der Waals surface area contributed by atoms with Gasteiger partial charge in [-0.2, -0.15) is 0 Å². The zero-order chi connectivity index (χ0) is 19.6. The van der Waals surface area contributed by atoms with Gasteiger partial charge in [-0.15, -0.1) is 12.4 Å². The van der Waals surface area contributed by atoms with Gasteiger partial charge in [0.25, 0.3) is 11.6 Å². The molecule has 0 aliphatic carbocycles. The van der Waals surface area contributed by atoms with Crippen LogP contribution < -0.4 is 10.6 Å². The molecule has 1 saturated heterocycles. The molecule has 0 saturated carbocycles. The van der Waals surface area contributed by atoms with E-state index in [2.05, 4.69) is 10.6 Å². The Labute approximate surface area is 166 Å². The molecule has 3 rings (SSSR count). The molecule has 2 aromatic rings. The lowest BCUT2D eigenvalue weighted by molar-refractivity contribution is -0.385. The Morgan fingerprint density at radius 2 is 1.96 bits per heavy atom. The fourth-order valence-corrected chi connectivity index (χ4v) is 3.41. The van der Waals surface area contributed by atoms with Gasteiger partial charge in [0.1, 0.15) is 0 Å². The first-order valence-electron chi connectivity index (χ1n) is 8.58. The predicted octanol–water partition coefficient (Wildman–Crippen LogP) is 3.48. The average molecular weight is 412 g/mol. The van der Waals surface area contributed by atoms with Crippen LogP contribution in [0.3, 0.4) is 0 Å². The van der Waals surface area contributed by atoms with Crippen LogP contribution in [0, 0.1) is 28.7 Å². The molecule has 2 atom stereocenters. The molecule has 2 unspecified atom stereocenters. The van der Waals surface area contributed by atoms with Crippen molar-refractivity contribution in [3.8, 4) is 0 Å². The zero-order valence-corrected chi connectivity index (χ0v) is 15.9. The third-order valence-electron chi connectivity index (χ3n) is 4.83. The number of aryl methyl sites for hydroxylation is 1. The van der Waals surface area contributed by atoms with E-state index in [0.717, 1.165) is 6.07 Å². The van der Waals surface area contributed by atoms with Crippen LogP contribution in [0.2, 0.25) is 0 Å². The molecule has 9 heteroatoms. The fraction of sp³-hybridized carbons (Fsp3) is 0.316. The van der Waals surface area contributed by atoms with Crippen molar-refractivity contribution in [3.05, 3.63) is 74.8 Å². The second-order valence-electron chi connectivity index (χ2n) is 6.61. The third kappa shape index (κ3) is 4.63. The maximum Gasteiger partial charge on any atom is 0.272 e. The molecule has 28 heavy (non-hydrogen) atoms. The molecule has 0 spiro atoms. The highest BCUT2D eigenvalue weighted by molar-refractivity contribution is 5.95. The van der Waals surface area contributed by atoms with E-state index in [1.54, 1.807) is 6.92 Å². The SMILES string of the molecule is Cc1cc(C(=O)NC2CNCCC2c2ccc(F)c(F)c2)ccc1[N+](=O)[O-].Cl. The van der Waals surface area contributed by atoms with Crippen LogP contribution in [0.1, 0.15) is 33.8 Å². The topological polar surface area (TPSA) is 84.3 Å². The smallest absolute Gasteiger partial charge is 0.272 e. The number of benzene rings is 2. The Morgan fingerprint density at radius 1 is 1.21 bits per heavy atom. The molecule has 1 aliphatic heterocycles. The minimum absolute atomic E-state index is 0. The zero-order valence-electron chi connectivity index (χ0n) is 15.1. The van der Waals surface area contributed by atoms with Gasteiger partial charge in [0.05, 0.1) is 4.92 Å². The Bertz CT molecular complexity index is 895. The number of hydrogen-bond acceptors (Lipinski definition) is 4. The molecule has 2 N–H and O–H groups in total. The summed E-state index contributed by atoms with van der Waals surface area (Å²) in [4.78, 5) is 23.0. The standard InChI is InChI=1S/C19H19F2N3O3.ClH/c1-11-8-13(3-5-18(11)24(26)27)19(25)23-17-10-22-7-6-14(17)12-2-4-15(20)16(21)9-12;/h2-5,8-9,14,17,22H,6-7,10H2,1H3,(H,23,25);1H. The highest BCUT2D eigenvalue weighted by atomic mass is 35.5. The molecule has 0 bridgehead atoms. The minimum Gasteiger partial charge on any atom is -0.347 e. The van der Waals surface area contributed by atoms with E-state index in [9.17, 15) is 23.7 Å². The van der Waals surface area contributed by atoms with Crippen molar-refractivity contribution in [1.29, 1.82) is 0 Å². The largest absolute Gasteiger partial charge is 0.347 e. The van der Waals surface area contributed by atoms with Crippen LogP contribution in [-0.4, -0.2) is 30.0 Å². The van der Waals surface area contributed by atoms with Crippen molar-refractivity contribution in [1.82, 2.24) is 10.6 Å². The Hall–Kier alpha value is -2.58. The first-order valence-corrected chi connectivity index (χ1v) is 8.58. The number of nitro benzene ring substituents is 1. The summed E-state index contributed by atoms with van der Waals surface area (Å²) in [6, 6.07) is 7.65. The van der Waals surface area contributed by atoms with Crippen molar-refractivity contribution in [2.75, 3.05) is 13.1 Å². The maximum atomic E-state index is 13.6. The summed E-state index contributed by atoms with van der Waals surface area (Å²) in [6.07, 6.45) is 0.662. The van der Waals surface area contributed by atoms with Crippen molar-refractivity contribution in [3.63, 3.8) is 0 Å².